The molecular weight excluding hydrogens is 392 g/mol. The van der Waals surface area contributed by atoms with Crippen LogP contribution in [-0.2, 0) is 16.1 Å². The number of hydrogen-bond acceptors (Lipinski definition) is 7. The number of fused-ring (bicyclic) bond motifs is 1. The summed E-state index contributed by atoms with van der Waals surface area (Å²) >= 11 is 1.29. The van der Waals surface area contributed by atoms with Crippen LogP contribution in [0.15, 0.2) is 0 Å². The molecule has 1 aliphatic rings. The largest absolute Gasteiger partial charge is 0.480 e. The maximum Gasteiger partial charge on any atom is 0.261 e. The number of carbonyl (C=O) groups is 2. The molecule has 1 atom stereocenters. The Kier molecular flexibility index (Phi) is 7.02. The maximum atomic E-state index is 12.7. The minimum absolute atomic E-state index is 0.0988. The predicted octanol–water partition coefficient (Wildman–Crippen LogP) is 2.53. The highest BCUT2D eigenvalue weighted by Crippen LogP contribution is 2.35. The van der Waals surface area contributed by atoms with E-state index < -0.39 is 0 Å². The first kappa shape index (κ1) is 21.4. The lowest BCUT2D eigenvalue weighted by Gasteiger charge is -2.31. The van der Waals surface area contributed by atoms with Crippen molar-refractivity contribution < 1.29 is 19.1 Å². The summed E-state index contributed by atoms with van der Waals surface area (Å²) < 4.78 is 10.5. The predicted molar refractivity (Wildman–Crippen MR) is 111 cm³/mol. The van der Waals surface area contributed by atoms with Gasteiger partial charge in [0.2, 0.25) is 11.8 Å². The molecule has 1 N–H and O–H groups in total. The normalized spacial score (nSPS) is 16.8. The fourth-order valence-electron chi connectivity index (χ4n) is 3.64. The Morgan fingerprint density at radius 2 is 2.10 bits per heavy atom. The Labute approximate surface area is 174 Å². The summed E-state index contributed by atoms with van der Waals surface area (Å²) in [5.41, 5.74) is 0.777. The highest BCUT2D eigenvalue weighted by Gasteiger charge is 2.23. The summed E-state index contributed by atoms with van der Waals surface area (Å²) in [5, 5.41) is 3.61. The number of thiophene rings is 1. The molecule has 8 nitrogen and oxygen atoms in total. The van der Waals surface area contributed by atoms with Crippen molar-refractivity contribution in [1.29, 1.82) is 0 Å². The average Bonchev–Trinajstić information content (AvgIpc) is 3.04. The summed E-state index contributed by atoms with van der Waals surface area (Å²) in [6.45, 7) is 6.23. The van der Waals surface area contributed by atoms with Crippen LogP contribution in [0.1, 0.15) is 47.2 Å². The molecule has 0 spiro atoms. The molecule has 0 aromatic carbocycles. The van der Waals surface area contributed by atoms with Gasteiger partial charge in [-0.2, -0.15) is 4.98 Å². The first-order valence-electron chi connectivity index (χ1n) is 9.83. The molecule has 1 unspecified atom stereocenters. The molecule has 9 heteroatoms. The van der Waals surface area contributed by atoms with Gasteiger partial charge in [0.15, 0.2) is 5.82 Å². The van der Waals surface area contributed by atoms with E-state index in [9.17, 15) is 9.59 Å². The van der Waals surface area contributed by atoms with Crippen LogP contribution in [0.4, 0.5) is 0 Å². The van der Waals surface area contributed by atoms with Crippen molar-refractivity contribution in [3.05, 3.63) is 16.3 Å². The number of nitrogens with one attached hydrogen (secondary N) is 1. The van der Waals surface area contributed by atoms with Crippen LogP contribution in [0, 0.1) is 12.8 Å². The third-order valence-electron chi connectivity index (χ3n) is 5.11. The number of aromatic nitrogens is 2. The number of methoxy groups -OCH3 is 2. The zero-order valence-corrected chi connectivity index (χ0v) is 18.2. The molecule has 0 saturated carbocycles. The molecule has 1 fully saturated rings. The quantitative estimate of drug-likeness (QED) is 0.740. The van der Waals surface area contributed by atoms with Crippen molar-refractivity contribution in [2.24, 2.45) is 5.92 Å². The number of hydrogen-bond donors (Lipinski definition) is 1. The lowest BCUT2D eigenvalue weighted by Crippen LogP contribution is -2.40. The Balaban J connectivity index is 1.67. The number of rotatable bonds is 7. The molecule has 2 aromatic heterocycles. The monoisotopic (exact) mass is 420 g/mol. The second-order valence-electron chi connectivity index (χ2n) is 7.41. The summed E-state index contributed by atoms with van der Waals surface area (Å²) in [5.74, 6) is 1.38. The van der Waals surface area contributed by atoms with Gasteiger partial charge in [0.1, 0.15) is 11.4 Å². The molecule has 0 radical (unpaired) electrons. The lowest BCUT2D eigenvalue weighted by molar-refractivity contribution is -0.132. The fourth-order valence-corrected chi connectivity index (χ4v) is 4.75. The Hall–Kier alpha value is -2.26. The molecule has 1 aliphatic heterocycles. The van der Waals surface area contributed by atoms with Crippen LogP contribution in [-0.4, -0.2) is 60.5 Å². The number of ether oxygens (including phenoxy) is 2. The molecule has 2 amide bonds. The van der Waals surface area contributed by atoms with Crippen molar-refractivity contribution in [2.45, 2.75) is 39.7 Å². The van der Waals surface area contributed by atoms with Gasteiger partial charge in [-0.3, -0.25) is 9.59 Å². The number of aryl methyl sites for hydroxylation is 1. The van der Waals surface area contributed by atoms with Crippen molar-refractivity contribution in [3.63, 3.8) is 0 Å². The second kappa shape index (κ2) is 9.49. The van der Waals surface area contributed by atoms with E-state index in [-0.39, 0.29) is 18.4 Å². The standard InChI is InChI=1S/C20H28N4O4S/c1-12-6-5-9-24(10-12)15(25)7-8-21-18(26)17-13(2)16-19(28-4)22-14(11-27-3)23-20(16)29-17/h12H,5-11H2,1-4H3,(H,21,26). The zero-order valence-electron chi connectivity index (χ0n) is 17.4. The summed E-state index contributed by atoms with van der Waals surface area (Å²) in [6.07, 6.45) is 2.53. The minimum atomic E-state index is -0.208. The molecular formula is C20H28N4O4S. The average molecular weight is 421 g/mol. The minimum Gasteiger partial charge on any atom is -0.480 e. The van der Waals surface area contributed by atoms with Crippen LogP contribution >= 0.6 is 11.3 Å². The Morgan fingerprint density at radius 1 is 1.31 bits per heavy atom. The van der Waals surface area contributed by atoms with E-state index in [0.29, 0.717) is 40.3 Å². The van der Waals surface area contributed by atoms with E-state index in [4.69, 9.17) is 9.47 Å². The Bertz CT molecular complexity index is 898. The highest BCUT2D eigenvalue weighted by atomic mass is 32.1. The lowest BCUT2D eigenvalue weighted by atomic mass is 10.00. The molecule has 29 heavy (non-hydrogen) atoms. The van der Waals surface area contributed by atoms with Gasteiger partial charge in [-0.05, 0) is 31.2 Å². The summed E-state index contributed by atoms with van der Waals surface area (Å²) in [7, 11) is 3.12. The number of amides is 2. The number of carbonyl (C=O) groups excluding carboxylic acids is 2. The van der Waals surface area contributed by atoms with Crippen LogP contribution < -0.4 is 10.1 Å². The van der Waals surface area contributed by atoms with Gasteiger partial charge in [-0.15, -0.1) is 11.3 Å². The third-order valence-corrected chi connectivity index (χ3v) is 6.29. The van der Waals surface area contributed by atoms with Gasteiger partial charge < -0.3 is 19.7 Å². The van der Waals surface area contributed by atoms with Gasteiger partial charge >= 0.3 is 0 Å². The van der Waals surface area contributed by atoms with Crippen molar-refractivity contribution in [3.8, 4) is 5.88 Å². The first-order valence-corrected chi connectivity index (χ1v) is 10.6. The van der Waals surface area contributed by atoms with E-state index in [2.05, 4.69) is 22.2 Å². The molecule has 0 aliphatic carbocycles. The molecule has 1 saturated heterocycles. The van der Waals surface area contributed by atoms with Crippen molar-refractivity contribution in [1.82, 2.24) is 20.2 Å². The third kappa shape index (κ3) is 4.84. The van der Waals surface area contributed by atoms with Gasteiger partial charge in [0.25, 0.3) is 5.91 Å². The van der Waals surface area contributed by atoms with E-state index in [1.165, 1.54) is 17.8 Å². The SMILES string of the molecule is COCc1nc(OC)c2c(C)c(C(=O)NCCC(=O)N3CCCC(C)C3)sc2n1. The topological polar surface area (TPSA) is 93.7 Å². The van der Waals surface area contributed by atoms with E-state index in [1.54, 1.807) is 14.2 Å². The molecule has 2 aromatic rings. The fraction of sp³-hybridized carbons (Fsp3) is 0.600. The molecule has 3 heterocycles. The number of piperidine rings is 1. The molecule has 3 rings (SSSR count). The van der Waals surface area contributed by atoms with E-state index in [1.807, 2.05) is 11.8 Å². The summed E-state index contributed by atoms with van der Waals surface area (Å²) in [4.78, 5) is 37.1. The maximum absolute atomic E-state index is 12.7. The van der Waals surface area contributed by atoms with Crippen LogP contribution in [0.2, 0.25) is 0 Å². The van der Waals surface area contributed by atoms with Gasteiger partial charge in [0, 0.05) is 33.2 Å². The smallest absolute Gasteiger partial charge is 0.261 e. The molecule has 0 bridgehead atoms. The summed E-state index contributed by atoms with van der Waals surface area (Å²) in [6, 6.07) is 0. The van der Waals surface area contributed by atoms with Crippen molar-refractivity contribution in [2.75, 3.05) is 33.9 Å². The van der Waals surface area contributed by atoms with Crippen molar-refractivity contribution >= 4 is 33.4 Å². The van der Waals surface area contributed by atoms with Gasteiger partial charge in [0.05, 0.1) is 17.4 Å². The van der Waals surface area contributed by atoms with Gasteiger partial charge in [-0.25, -0.2) is 4.98 Å². The first-order chi connectivity index (χ1) is 13.9. The number of nitrogens with zero attached hydrogens (tertiary/aromatic N) is 3. The van der Waals surface area contributed by atoms with Crippen LogP contribution in [0.3, 0.4) is 0 Å². The van der Waals surface area contributed by atoms with E-state index in [0.717, 1.165) is 30.5 Å². The van der Waals surface area contributed by atoms with Crippen LogP contribution in [0.25, 0.3) is 10.2 Å². The zero-order chi connectivity index (χ0) is 21.0. The molecule has 158 valence electrons. The Morgan fingerprint density at radius 3 is 2.79 bits per heavy atom. The highest BCUT2D eigenvalue weighted by molar-refractivity contribution is 7.20. The van der Waals surface area contributed by atoms with Crippen LogP contribution in [0.5, 0.6) is 5.88 Å². The van der Waals surface area contributed by atoms with E-state index >= 15 is 0 Å². The number of likely N-dealkylation sites (tertiary alicyclic amines) is 1. The second-order valence-corrected chi connectivity index (χ2v) is 8.41. The van der Waals surface area contributed by atoms with Gasteiger partial charge in [-0.1, -0.05) is 6.92 Å².